The highest BCUT2D eigenvalue weighted by Gasteiger charge is 2.14. The first-order chi connectivity index (χ1) is 8.56. The van der Waals surface area contributed by atoms with E-state index in [1.165, 1.54) is 17.3 Å². The Hall–Kier alpha value is -1.95. The quantitative estimate of drug-likeness (QED) is 0.885. The first-order valence-electron chi connectivity index (χ1n) is 5.51. The topological polar surface area (TPSA) is 80.9 Å². The Bertz CT molecular complexity index is 567. The van der Waals surface area contributed by atoms with Gasteiger partial charge in [0.25, 0.3) is 5.91 Å². The lowest BCUT2D eigenvalue weighted by Gasteiger charge is -2.11. The van der Waals surface area contributed by atoms with Crippen LogP contribution in [-0.4, -0.2) is 15.9 Å². The molecule has 2 rings (SSSR count). The van der Waals surface area contributed by atoms with Gasteiger partial charge in [-0.05, 0) is 26.0 Å². The number of nitrogens with one attached hydrogen (secondary N) is 1. The number of rotatable bonds is 3. The molecule has 18 heavy (non-hydrogen) atoms. The van der Waals surface area contributed by atoms with Crippen LogP contribution in [0, 0.1) is 6.92 Å². The number of nitrogen functional groups attached to an aromatic ring is 1. The second kappa shape index (κ2) is 5.14. The van der Waals surface area contributed by atoms with E-state index in [1.807, 2.05) is 26.0 Å². The lowest BCUT2D eigenvalue weighted by atomic mass is 10.2. The summed E-state index contributed by atoms with van der Waals surface area (Å²) < 4.78 is 0. The van der Waals surface area contributed by atoms with E-state index < -0.39 is 0 Å². The number of carbonyl (C=O) groups is 1. The second-order valence-electron chi connectivity index (χ2n) is 3.97. The van der Waals surface area contributed by atoms with E-state index in [1.54, 1.807) is 11.3 Å². The van der Waals surface area contributed by atoms with Crippen LogP contribution in [-0.2, 0) is 0 Å². The Morgan fingerprint density at radius 2 is 2.22 bits per heavy atom. The zero-order valence-corrected chi connectivity index (χ0v) is 11.0. The number of thiophene rings is 1. The summed E-state index contributed by atoms with van der Waals surface area (Å²) in [4.78, 5) is 22.0. The van der Waals surface area contributed by atoms with Gasteiger partial charge in [0, 0.05) is 9.75 Å². The zero-order valence-electron chi connectivity index (χ0n) is 10.2. The molecule has 2 heterocycles. The average molecular weight is 262 g/mol. The normalized spacial score (nSPS) is 12.1. The van der Waals surface area contributed by atoms with Gasteiger partial charge < -0.3 is 11.1 Å². The molecule has 2 aromatic heterocycles. The molecule has 0 radical (unpaired) electrons. The van der Waals surface area contributed by atoms with Crippen molar-refractivity contribution < 1.29 is 4.79 Å². The minimum atomic E-state index is -0.270. The van der Waals surface area contributed by atoms with Crippen LogP contribution in [0.15, 0.2) is 24.5 Å². The lowest BCUT2D eigenvalue weighted by molar-refractivity contribution is 0.0935. The third-order valence-corrected chi connectivity index (χ3v) is 3.60. The van der Waals surface area contributed by atoms with Crippen molar-refractivity contribution in [2.24, 2.45) is 0 Å². The van der Waals surface area contributed by atoms with E-state index in [0.29, 0.717) is 0 Å². The molecule has 1 amide bonds. The molecule has 0 bridgehead atoms. The van der Waals surface area contributed by atoms with Crippen LogP contribution >= 0.6 is 11.3 Å². The molecule has 0 fully saturated rings. The Balaban J connectivity index is 2.08. The maximum absolute atomic E-state index is 11.9. The van der Waals surface area contributed by atoms with Gasteiger partial charge in [0.1, 0.15) is 11.5 Å². The van der Waals surface area contributed by atoms with Crippen molar-refractivity contribution in [2.75, 3.05) is 5.73 Å². The highest BCUT2D eigenvalue weighted by atomic mass is 32.1. The standard InChI is InChI=1S/C12H14N4OS/c1-7-3-4-10(18-7)8(2)15-12(17)9-5-14-6-11(13)16-9/h3-6,8H,1-2H3,(H2,13,16)(H,15,17). The Labute approximate surface area is 109 Å². The van der Waals surface area contributed by atoms with Crippen molar-refractivity contribution in [1.82, 2.24) is 15.3 Å². The molecule has 0 aliphatic heterocycles. The molecule has 6 heteroatoms. The van der Waals surface area contributed by atoms with Crippen LogP contribution in [0.2, 0.25) is 0 Å². The number of hydrogen-bond acceptors (Lipinski definition) is 5. The van der Waals surface area contributed by atoms with Crippen molar-refractivity contribution in [1.29, 1.82) is 0 Å². The molecule has 1 unspecified atom stereocenters. The number of carbonyl (C=O) groups excluding carboxylic acids is 1. The van der Waals surface area contributed by atoms with E-state index in [9.17, 15) is 4.79 Å². The second-order valence-corrected chi connectivity index (χ2v) is 5.29. The van der Waals surface area contributed by atoms with Crippen LogP contribution in [0.1, 0.15) is 33.2 Å². The monoisotopic (exact) mass is 262 g/mol. The number of aryl methyl sites for hydroxylation is 1. The van der Waals surface area contributed by atoms with Crippen molar-refractivity contribution in [3.8, 4) is 0 Å². The number of nitrogens with zero attached hydrogens (tertiary/aromatic N) is 2. The fraction of sp³-hybridized carbons (Fsp3) is 0.250. The molecule has 0 aromatic carbocycles. The number of nitrogens with two attached hydrogens (primary N) is 1. The third-order valence-electron chi connectivity index (χ3n) is 2.42. The van der Waals surface area contributed by atoms with E-state index in [0.717, 1.165) is 4.88 Å². The van der Waals surface area contributed by atoms with Crippen molar-refractivity contribution in [3.63, 3.8) is 0 Å². The van der Waals surface area contributed by atoms with Gasteiger partial charge in [-0.25, -0.2) is 4.98 Å². The summed E-state index contributed by atoms with van der Waals surface area (Å²) in [6.45, 7) is 3.97. The van der Waals surface area contributed by atoms with Gasteiger partial charge in [0.05, 0.1) is 18.4 Å². The highest BCUT2D eigenvalue weighted by molar-refractivity contribution is 7.12. The fourth-order valence-electron chi connectivity index (χ4n) is 1.52. The Morgan fingerprint density at radius 3 is 2.83 bits per heavy atom. The molecule has 3 N–H and O–H groups in total. The molecule has 1 atom stereocenters. The largest absolute Gasteiger partial charge is 0.382 e. The van der Waals surface area contributed by atoms with Gasteiger partial charge in [-0.1, -0.05) is 0 Å². The minimum absolute atomic E-state index is 0.0561. The summed E-state index contributed by atoms with van der Waals surface area (Å²) in [5.74, 6) is -0.0318. The number of hydrogen-bond donors (Lipinski definition) is 2. The minimum Gasteiger partial charge on any atom is -0.382 e. The summed E-state index contributed by atoms with van der Waals surface area (Å²) in [5, 5.41) is 2.87. The average Bonchev–Trinajstić information content (AvgIpc) is 2.76. The summed E-state index contributed by atoms with van der Waals surface area (Å²) in [5.41, 5.74) is 5.72. The maximum atomic E-state index is 11.9. The molecule has 94 valence electrons. The smallest absolute Gasteiger partial charge is 0.272 e. The number of amides is 1. The highest BCUT2D eigenvalue weighted by Crippen LogP contribution is 2.22. The Kier molecular flexibility index (Phi) is 3.57. The SMILES string of the molecule is Cc1ccc(C(C)NC(=O)c2cncc(N)n2)s1. The van der Waals surface area contributed by atoms with Crippen LogP contribution in [0.5, 0.6) is 0 Å². The molecule has 0 saturated heterocycles. The first kappa shape index (κ1) is 12.5. The molecule has 0 aliphatic rings. The summed E-state index contributed by atoms with van der Waals surface area (Å²) in [7, 11) is 0. The molecule has 5 nitrogen and oxygen atoms in total. The van der Waals surface area contributed by atoms with Crippen LogP contribution in [0.4, 0.5) is 5.82 Å². The van der Waals surface area contributed by atoms with Gasteiger partial charge in [-0.15, -0.1) is 11.3 Å². The summed E-state index contributed by atoms with van der Waals surface area (Å²) >= 11 is 1.66. The van der Waals surface area contributed by atoms with Crippen molar-refractivity contribution in [3.05, 3.63) is 40.0 Å². The molecule has 0 aliphatic carbocycles. The van der Waals surface area contributed by atoms with Gasteiger partial charge >= 0.3 is 0 Å². The molecular weight excluding hydrogens is 248 g/mol. The molecule has 0 spiro atoms. The van der Waals surface area contributed by atoms with Gasteiger partial charge in [0.15, 0.2) is 0 Å². The number of aromatic nitrogens is 2. The Morgan fingerprint density at radius 1 is 1.44 bits per heavy atom. The van der Waals surface area contributed by atoms with Gasteiger partial charge in [-0.3, -0.25) is 9.78 Å². The maximum Gasteiger partial charge on any atom is 0.272 e. The van der Waals surface area contributed by atoms with Crippen LogP contribution in [0.3, 0.4) is 0 Å². The van der Waals surface area contributed by atoms with Crippen molar-refractivity contribution >= 4 is 23.1 Å². The van der Waals surface area contributed by atoms with Gasteiger partial charge in [0.2, 0.25) is 0 Å². The predicted octanol–water partition coefficient (Wildman–Crippen LogP) is 1.92. The van der Waals surface area contributed by atoms with E-state index in [-0.39, 0.29) is 23.5 Å². The van der Waals surface area contributed by atoms with E-state index >= 15 is 0 Å². The van der Waals surface area contributed by atoms with Gasteiger partial charge in [-0.2, -0.15) is 0 Å². The molecule has 2 aromatic rings. The van der Waals surface area contributed by atoms with E-state index in [4.69, 9.17) is 5.73 Å². The molecular formula is C12H14N4OS. The predicted molar refractivity (Wildman–Crippen MR) is 71.4 cm³/mol. The molecule has 0 saturated carbocycles. The summed E-state index contributed by atoms with van der Waals surface area (Å²) in [6, 6.07) is 3.98. The lowest BCUT2D eigenvalue weighted by Crippen LogP contribution is -2.27. The zero-order chi connectivity index (χ0) is 13.1. The van der Waals surface area contributed by atoms with Crippen LogP contribution < -0.4 is 11.1 Å². The van der Waals surface area contributed by atoms with Crippen molar-refractivity contribution in [2.45, 2.75) is 19.9 Å². The third kappa shape index (κ3) is 2.84. The number of anilines is 1. The van der Waals surface area contributed by atoms with E-state index in [2.05, 4.69) is 15.3 Å². The van der Waals surface area contributed by atoms with Crippen LogP contribution in [0.25, 0.3) is 0 Å². The summed E-state index contributed by atoms with van der Waals surface area (Å²) in [6.07, 6.45) is 2.81. The fourth-order valence-corrected chi connectivity index (χ4v) is 2.40. The first-order valence-corrected chi connectivity index (χ1v) is 6.32.